The SMILES string of the molecule is COC(=O)C(Cc1ccc(-c2ccccc2)cc1)NC(=O)c1cc(-c2cc(F)cc(F)c2)ccc1O. The number of amides is 1. The molecule has 0 aromatic heterocycles. The predicted octanol–water partition coefficient (Wildman–Crippen LogP) is 5.52. The molecule has 1 amide bonds. The van der Waals surface area contributed by atoms with Crippen molar-refractivity contribution in [2.75, 3.05) is 7.11 Å². The van der Waals surface area contributed by atoms with Crippen LogP contribution in [0, 0.1) is 11.6 Å². The second-order valence-electron chi connectivity index (χ2n) is 8.21. The number of carbonyl (C=O) groups is 2. The van der Waals surface area contributed by atoms with Crippen LogP contribution in [0.2, 0.25) is 0 Å². The first kappa shape index (κ1) is 24.6. The second-order valence-corrected chi connectivity index (χ2v) is 8.21. The van der Waals surface area contributed by atoms with Crippen molar-refractivity contribution in [3.05, 3.63) is 114 Å². The summed E-state index contributed by atoms with van der Waals surface area (Å²) in [5.41, 5.74) is 3.22. The minimum atomic E-state index is -1.03. The number of methoxy groups -OCH3 is 1. The molecule has 0 heterocycles. The van der Waals surface area contributed by atoms with Crippen LogP contribution in [0.25, 0.3) is 22.3 Å². The van der Waals surface area contributed by atoms with E-state index in [1.165, 1.54) is 25.3 Å². The number of aromatic hydroxyl groups is 1. The first-order chi connectivity index (χ1) is 17.3. The van der Waals surface area contributed by atoms with Crippen molar-refractivity contribution in [1.29, 1.82) is 0 Å². The summed E-state index contributed by atoms with van der Waals surface area (Å²) in [7, 11) is 1.22. The highest BCUT2D eigenvalue weighted by Crippen LogP contribution is 2.27. The third-order valence-electron chi connectivity index (χ3n) is 5.73. The van der Waals surface area contributed by atoms with Crippen molar-refractivity contribution in [3.8, 4) is 28.0 Å². The largest absolute Gasteiger partial charge is 0.507 e. The molecule has 4 aromatic carbocycles. The fraction of sp³-hybridized carbons (Fsp3) is 0.103. The number of halogens is 2. The Morgan fingerprint density at radius 1 is 0.806 bits per heavy atom. The number of hydrogen-bond donors (Lipinski definition) is 2. The molecule has 4 rings (SSSR count). The van der Waals surface area contributed by atoms with E-state index in [2.05, 4.69) is 5.32 Å². The molecule has 1 atom stereocenters. The predicted molar refractivity (Wildman–Crippen MR) is 132 cm³/mol. The zero-order valence-corrected chi connectivity index (χ0v) is 19.4. The van der Waals surface area contributed by atoms with Gasteiger partial charge in [0.2, 0.25) is 0 Å². The minimum Gasteiger partial charge on any atom is -0.507 e. The number of carbonyl (C=O) groups excluding carboxylic acids is 2. The van der Waals surface area contributed by atoms with Crippen LogP contribution in [0.4, 0.5) is 8.78 Å². The van der Waals surface area contributed by atoms with Crippen molar-refractivity contribution in [3.63, 3.8) is 0 Å². The van der Waals surface area contributed by atoms with E-state index >= 15 is 0 Å². The molecule has 7 heteroatoms. The third kappa shape index (κ3) is 5.75. The molecule has 0 aliphatic heterocycles. The Morgan fingerprint density at radius 3 is 2.06 bits per heavy atom. The molecule has 0 bridgehead atoms. The number of esters is 1. The second kappa shape index (κ2) is 10.8. The van der Waals surface area contributed by atoms with Gasteiger partial charge >= 0.3 is 5.97 Å². The Balaban J connectivity index is 1.55. The van der Waals surface area contributed by atoms with Crippen LogP contribution in [0.1, 0.15) is 15.9 Å². The summed E-state index contributed by atoms with van der Waals surface area (Å²) < 4.78 is 32.2. The van der Waals surface area contributed by atoms with Gasteiger partial charge in [-0.3, -0.25) is 4.79 Å². The Hall–Kier alpha value is -4.52. The van der Waals surface area contributed by atoms with E-state index in [-0.39, 0.29) is 23.3 Å². The van der Waals surface area contributed by atoms with Gasteiger partial charge in [-0.05, 0) is 52.1 Å². The van der Waals surface area contributed by atoms with Gasteiger partial charge < -0.3 is 15.2 Å². The monoisotopic (exact) mass is 487 g/mol. The summed E-state index contributed by atoms with van der Waals surface area (Å²) in [5, 5.41) is 12.9. The lowest BCUT2D eigenvalue weighted by atomic mass is 9.99. The molecule has 0 radical (unpaired) electrons. The van der Waals surface area contributed by atoms with Gasteiger partial charge in [-0.2, -0.15) is 0 Å². The van der Waals surface area contributed by atoms with Crippen molar-refractivity contribution >= 4 is 11.9 Å². The molecular formula is C29H23F2NO4. The number of hydrogen-bond acceptors (Lipinski definition) is 4. The van der Waals surface area contributed by atoms with E-state index < -0.39 is 29.6 Å². The van der Waals surface area contributed by atoms with Crippen molar-refractivity contribution in [1.82, 2.24) is 5.32 Å². The fourth-order valence-corrected chi connectivity index (χ4v) is 3.89. The summed E-state index contributed by atoms with van der Waals surface area (Å²) in [6.07, 6.45) is 0.156. The van der Waals surface area contributed by atoms with Crippen LogP contribution in [0.15, 0.2) is 91.0 Å². The summed E-state index contributed by atoms with van der Waals surface area (Å²) >= 11 is 0. The van der Waals surface area contributed by atoms with Crippen LogP contribution in [-0.4, -0.2) is 30.1 Å². The lowest BCUT2D eigenvalue weighted by Crippen LogP contribution is -2.43. The lowest BCUT2D eigenvalue weighted by Gasteiger charge is -2.18. The maximum atomic E-state index is 13.7. The van der Waals surface area contributed by atoms with E-state index in [4.69, 9.17) is 4.74 Å². The van der Waals surface area contributed by atoms with Gasteiger partial charge in [-0.1, -0.05) is 60.7 Å². The number of benzene rings is 4. The summed E-state index contributed by atoms with van der Waals surface area (Å²) in [6, 6.07) is 23.3. The number of ether oxygens (including phenoxy) is 1. The molecule has 0 saturated carbocycles. The van der Waals surface area contributed by atoms with Gasteiger partial charge in [0.25, 0.3) is 5.91 Å². The van der Waals surface area contributed by atoms with Gasteiger partial charge in [0.15, 0.2) is 0 Å². The van der Waals surface area contributed by atoms with Crippen LogP contribution in [-0.2, 0) is 16.0 Å². The lowest BCUT2D eigenvalue weighted by molar-refractivity contribution is -0.142. The Morgan fingerprint density at radius 2 is 1.42 bits per heavy atom. The number of phenolic OH excluding ortho intramolecular Hbond substituents is 1. The molecule has 0 saturated heterocycles. The molecule has 2 N–H and O–H groups in total. The smallest absolute Gasteiger partial charge is 0.328 e. The molecule has 5 nitrogen and oxygen atoms in total. The van der Waals surface area contributed by atoms with Crippen LogP contribution in [0.5, 0.6) is 5.75 Å². The molecule has 0 aliphatic carbocycles. The molecular weight excluding hydrogens is 464 g/mol. The van der Waals surface area contributed by atoms with Gasteiger partial charge in [-0.15, -0.1) is 0 Å². The van der Waals surface area contributed by atoms with Crippen LogP contribution in [0.3, 0.4) is 0 Å². The van der Waals surface area contributed by atoms with E-state index in [0.29, 0.717) is 5.56 Å². The number of rotatable bonds is 7. The quantitative estimate of drug-likeness (QED) is 0.337. The van der Waals surface area contributed by atoms with Crippen LogP contribution >= 0.6 is 0 Å². The Bertz CT molecular complexity index is 1370. The topological polar surface area (TPSA) is 75.6 Å². The van der Waals surface area contributed by atoms with E-state index in [1.54, 1.807) is 0 Å². The van der Waals surface area contributed by atoms with Crippen molar-refractivity contribution < 1.29 is 28.2 Å². The first-order valence-electron chi connectivity index (χ1n) is 11.2. The van der Waals surface area contributed by atoms with E-state index in [0.717, 1.165) is 34.9 Å². The molecule has 0 aliphatic rings. The molecule has 36 heavy (non-hydrogen) atoms. The van der Waals surface area contributed by atoms with E-state index in [9.17, 15) is 23.5 Å². The molecule has 0 fully saturated rings. The summed E-state index contributed by atoms with van der Waals surface area (Å²) in [4.78, 5) is 25.5. The summed E-state index contributed by atoms with van der Waals surface area (Å²) in [5.74, 6) is -3.27. The van der Waals surface area contributed by atoms with E-state index in [1.807, 2.05) is 54.6 Å². The highest BCUT2D eigenvalue weighted by molar-refractivity contribution is 6.00. The zero-order chi connectivity index (χ0) is 25.7. The normalized spacial score (nSPS) is 11.5. The standard InChI is InChI=1S/C29H23F2NO4/c1-36-29(35)26(13-18-7-9-20(10-8-18)19-5-3-2-4-6-19)32-28(34)25-16-21(11-12-27(25)33)22-14-23(30)17-24(31)15-22/h2-12,14-17,26,33H,13H2,1H3,(H,32,34). The zero-order valence-electron chi connectivity index (χ0n) is 19.4. The number of phenols is 1. The highest BCUT2D eigenvalue weighted by Gasteiger charge is 2.24. The van der Waals surface area contributed by atoms with Gasteiger partial charge in [0.05, 0.1) is 12.7 Å². The average molecular weight is 488 g/mol. The first-order valence-corrected chi connectivity index (χ1v) is 11.2. The minimum absolute atomic E-state index is 0.148. The fourth-order valence-electron chi connectivity index (χ4n) is 3.89. The van der Waals surface area contributed by atoms with Crippen molar-refractivity contribution in [2.24, 2.45) is 0 Å². The third-order valence-corrected chi connectivity index (χ3v) is 5.73. The Kier molecular flexibility index (Phi) is 7.39. The summed E-state index contributed by atoms with van der Waals surface area (Å²) in [6.45, 7) is 0. The van der Waals surface area contributed by atoms with Gasteiger partial charge in [0, 0.05) is 12.5 Å². The molecule has 4 aromatic rings. The highest BCUT2D eigenvalue weighted by atomic mass is 19.1. The molecule has 1 unspecified atom stereocenters. The van der Waals surface area contributed by atoms with Crippen molar-refractivity contribution in [2.45, 2.75) is 12.5 Å². The average Bonchev–Trinajstić information content (AvgIpc) is 2.88. The number of nitrogens with one attached hydrogen (secondary N) is 1. The maximum absolute atomic E-state index is 13.7. The molecule has 0 spiro atoms. The maximum Gasteiger partial charge on any atom is 0.328 e. The van der Waals surface area contributed by atoms with Crippen LogP contribution < -0.4 is 5.32 Å². The Labute approximate surface area is 207 Å². The van der Waals surface area contributed by atoms with Gasteiger partial charge in [-0.25, -0.2) is 13.6 Å². The van der Waals surface area contributed by atoms with Gasteiger partial charge in [0.1, 0.15) is 23.4 Å². The molecule has 182 valence electrons.